The van der Waals surface area contributed by atoms with Crippen molar-refractivity contribution in [2.75, 3.05) is 32.8 Å². The largest absolute Gasteiger partial charge is 0.416 e. The lowest BCUT2D eigenvalue weighted by Gasteiger charge is -2.32. The smallest absolute Gasteiger partial charge is 0.416 e. The van der Waals surface area contributed by atoms with Crippen LogP contribution in [0.25, 0.3) is 10.9 Å². The van der Waals surface area contributed by atoms with Crippen molar-refractivity contribution in [2.24, 2.45) is 5.92 Å². The summed E-state index contributed by atoms with van der Waals surface area (Å²) in [7, 11) is 0. The lowest BCUT2D eigenvalue weighted by molar-refractivity contribution is 0.174. The van der Waals surface area contributed by atoms with E-state index >= 15 is 0 Å². The first kappa shape index (κ1) is 23.6. The molecular weight excluding hydrogens is 440 g/mol. The van der Waals surface area contributed by atoms with Gasteiger partial charge in [-0.1, -0.05) is 36.4 Å². The summed E-state index contributed by atoms with van der Waals surface area (Å²) in [5.74, 6) is 0.237. The van der Waals surface area contributed by atoms with E-state index in [1.165, 1.54) is 30.1 Å². The Labute approximate surface area is 205 Å². The van der Waals surface area contributed by atoms with Gasteiger partial charge in [-0.25, -0.2) is 4.79 Å². The van der Waals surface area contributed by atoms with E-state index in [-0.39, 0.29) is 12.6 Å². The van der Waals surface area contributed by atoms with Crippen LogP contribution in [-0.2, 0) is 12.8 Å². The van der Waals surface area contributed by atoms with Gasteiger partial charge in [0.15, 0.2) is 0 Å². The molecule has 35 heavy (non-hydrogen) atoms. The maximum Gasteiger partial charge on any atom is 0.416 e. The molecule has 1 atom stereocenters. The number of nitrogens with one attached hydrogen (secondary N) is 3. The summed E-state index contributed by atoms with van der Waals surface area (Å²) in [5, 5.41) is 14.6. The number of aromatic amines is 2. The summed E-state index contributed by atoms with van der Waals surface area (Å²) in [6, 6.07) is 16.6. The average Bonchev–Trinajstić information content (AvgIpc) is 3.49. The molecule has 0 amide bonds. The van der Waals surface area contributed by atoms with Gasteiger partial charge in [-0.05, 0) is 73.6 Å². The molecule has 5 rings (SSSR count). The van der Waals surface area contributed by atoms with Crippen molar-refractivity contribution in [1.29, 1.82) is 0 Å². The van der Waals surface area contributed by atoms with Gasteiger partial charge in [0.1, 0.15) is 6.26 Å². The number of piperidine rings is 1. The highest BCUT2D eigenvalue weighted by Gasteiger charge is 2.20. The zero-order chi connectivity index (χ0) is 24.0. The predicted octanol–water partition coefficient (Wildman–Crippen LogP) is 3.62. The fourth-order valence-corrected chi connectivity index (χ4v) is 5.14. The molecule has 1 aliphatic heterocycles. The minimum atomic E-state index is -0.410. The molecule has 4 N–H and O–H groups in total. The quantitative estimate of drug-likeness (QED) is 0.282. The van der Waals surface area contributed by atoms with E-state index < -0.39 is 5.76 Å². The predicted molar refractivity (Wildman–Crippen MR) is 138 cm³/mol. The molecule has 4 aromatic rings. The fraction of sp³-hybridized carbons (Fsp3) is 0.393. The molecule has 184 valence electrons. The van der Waals surface area contributed by atoms with Gasteiger partial charge in [0.25, 0.3) is 0 Å². The number of H-pyrrole nitrogens is 2. The Morgan fingerprint density at radius 1 is 1.14 bits per heavy atom. The van der Waals surface area contributed by atoms with Gasteiger partial charge in [0, 0.05) is 30.1 Å². The number of likely N-dealkylation sites (tertiary alicyclic amines) is 1. The van der Waals surface area contributed by atoms with E-state index in [1.54, 1.807) is 0 Å². The number of oxazole rings is 1. The monoisotopic (exact) mass is 474 g/mol. The number of rotatable bonds is 10. The molecule has 2 aromatic heterocycles. The van der Waals surface area contributed by atoms with Gasteiger partial charge in [-0.15, -0.1) is 0 Å². The average molecular weight is 475 g/mol. The summed E-state index contributed by atoms with van der Waals surface area (Å²) >= 11 is 0. The SMILES string of the molecule is O=c1[nH]c(Cc2ccc3[nH]cc(CCN4CCC(CNC(CO)c5ccccc5)CC4)c3c2)co1. The van der Waals surface area contributed by atoms with Crippen molar-refractivity contribution in [3.8, 4) is 0 Å². The van der Waals surface area contributed by atoms with Crippen LogP contribution in [0.15, 0.2) is 70.2 Å². The highest BCUT2D eigenvalue weighted by Crippen LogP contribution is 2.23. The molecule has 0 aliphatic carbocycles. The number of aliphatic hydroxyl groups is 1. The summed E-state index contributed by atoms with van der Waals surface area (Å²) in [6.45, 7) is 4.35. The van der Waals surface area contributed by atoms with Crippen molar-refractivity contribution >= 4 is 10.9 Å². The van der Waals surface area contributed by atoms with Gasteiger partial charge in [-0.3, -0.25) is 4.98 Å². The van der Waals surface area contributed by atoms with Crippen LogP contribution >= 0.6 is 0 Å². The van der Waals surface area contributed by atoms with Crippen LogP contribution in [0, 0.1) is 5.92 Å². The van der Waals surface area contributed by atoms with Crippen molar-refractivity contribution < 1.29 is 9.52 Å². The molecule has 7 nitrogen and oxygen atoms in total. The molecule has 0 bridgehead atoms. The Morgan fingerprint density at radius 3 is 2.71 bits per heavy atom. The minimum Gasteiger partial charge on any atom is -0.416 e. The minimum absolute atomic E-state index is 0.00903. The van der Waals surface area contributed by atoms with Crippen molar-refractivity contribution in [2.45, 2.75) is 31.7 Å². The summed E-state index contributed by atoms with van der Waals surface area (Å²) in [4.78, 5) is 19.9. The summed E-state index contributed by atoms with van der Waals surface area (Å²) in [5.41, 5.74) is 5.57. The molecule has 3 heterocycles. The maximum absolute atomic E-state index is 11.3. The molecule has 2 aromatic carbocycles. The topological polar surface area (TPSA) is 97.3 Å². The van der Waals surface area contributed by atoms with E-state index in [0.717, 1.165) is 54.9 Å². The molecule has 1 saturated heterocycles. The molecule has 0 spiro atoms. The second-order valence-electron chi connectivity index (χ2n) is 9.63. The van der Waals surface area contributed by atoms with Gasteiger partial charge < -0.3 is 24.7 Å². The molecule has 1 fully saturated rings. The number of nitrogens with zero attached hydrogens (tertiary/aromatic N) is 1. The molecule has 0 saturated carbocycles. The first-order valence-electron chi connectivity index (χ1n) is 12.5. The van der Waals surface area contributed by atoms with Gasteiger partial charge in [0.05, 0.1) is 18.3 Å². The van der Waals surface area contributed by atoms with Crippen LogP contribution in [0.2, 0.25) is 0 Å². The zero-order valence-corrected chi connectivity index (χ0v) is 20.0. The number of fused-ring (bicyclic) bond motifs is 1. The maximum atomic E-state index is 11.3. The number of hydrogen-bond donors (Lipinski definition) is 4. The molecule has 0 radical (unpaired) electrons. The van der Waals surface area contributed by atoms with Gasteiger partial charge >= 0.3 is 5.76 Å². The van der Waals surface area contributed by atoms with E-state index in [1.807, 2.05) is 18.2 Å². The van der Waals surface area contributed by atoms with Crippen LogP contribution < -0.4 is 11.1 Å². The second kappa shape index (κ2) is 11.1. The van der Waals surface area contributed by atoms with Crippen LogP contribution in [0.4, 0.5) is 0 Å². The molecule has 1 aliphatic rings. The Bertz CT molecular complexity index is 1270. The van der Waals surface area contributed by atoms with Crippen molar-refractivity contribution in [3.63, 3.8) is 0 Å². The third-order valence-corrected chi connectivity index (χ3v) is 7.24. The number of hydrogen-bond acceptors (Lipinski definition) is 5. The Balaban J connectivity index is 1.11. The molecule has 1 unspecified atom stereocenters. The fourth-order valence-electron chi connectivity index (χ4n) is 5.14. The standard InChI is InChI=1S/C28H34N4O3/c33-18-27(22-4-2-1-3-5-22)29-16-20-8-11-32(12-9-20)13-10-23-17-30-26-7-6-21(15-25(23)26)14-24-19-35-28(34)31-24/h1-7,15,17,19-20,27,29-30,33H,8-14,16,18H2,(H,31,34). The zero-order valence-electron chi connectivity index (χ0n) is 20.0. The van der Waals surface area contributed by atoms with Crippen molar-refractivity contribution in [3.05, 3.63) is 93.9 Å². The van der Waals surface area contributed by atoms with Gasteiger partial charge in [0.2, 0.25) is 0 Å². The Morgan fingerprint density at radius 2 is 1.97 bits per heavy atom. The number of aliphatic hydroxyl groups excluding tert-OH is 1. The van der Waals surface area contributed by atoms with E-state index in [2.05, 4.69) is 56.7 Å². The summed E-state index contributed by atoms with van der Waals surface area (Å²) < 4.78 is 4.86. The second-order valence-corrected chi connectivity index (χ2v) is 9.63. The van der Waals surface area contributed by atoms with Crippen molar-refractivity contribution in [1.82, 2.24) is 20.2 Å². The Hall–Kier alpha value is -3.13. The third kappa shape index (κ3) is 5.93. The van der Waals surface area contributed by atoms with E-state index in [0.29, 0.717) is 12.3 Å². The third-order valence-electron chi connectivity index (χ3n) is 7.24. The summed E-state index contributed by atoms with van der Waals surface area (Å²) in [6.07, 6.45) is 7.64. The lowest BCUT2D eigenvalue weighted by atomic mass is 9.95. The lowest BCUT2D eigenvalue weighted by Crippen LogP contribution is -2.39. The first-order chi connectivity index (χ1) is 17.2. The first-order valence-corrected chi connectivity index (χ1v) is 12.5. The Kier molecular flexibility index (Phi) is 7.47. The van der Waals surface area contributed by atoms with Gasteiger partial charge in [-0.2, -0.15) is 0 Å². The van der Waals surface area contributed by atoms with E-state index in [4.69, 9.17) is 4.42 Å². The molecular formula is C28H34N4O3. The highest BCUT2D eigenvalue weighted by atomic mass is 16.4. The molecule has 7 heteroatoms. The number of benzene rings is 2. The van der Waals surface area contributed by atoms with Crippen LogP contribution in [0.5, 0.6) is 0 Å². The van der Waals surface area contributed by atoms with Crippen LogP contribution in [0.3, 0.4) is 0 Å². The highest BCUT2D eigenvalue weighted by molar-refractivity contribution is 5.84. The van der Waals surface area contributed by atoms with E-state index in [9.17, 15) is 9.90 Å². The van der Waals surface area contributed by atoms with Crippen LogP contribution in [0.1, 0.15) is 41.3 Å². The van der Waals surface area contributed by atoms with Crippen LogP contribution in [-0.4, -0.2) is 52.8 Å². The number of aromatic nitrogens is 2. The normalized spacial score (nSPS) is 16.1.